The second-order valence-corrected chi connectivity index (χ2v) is 12.0. The first-order chi connectivity index (χ1) is 29.5. The molecule has 0 bridgehead atoms. The third-order valence-electron chi connectivity index (χ3n) is 7.72. The van der Waals surface area contributed by atoms with Crippen LogP contribution in [0.15, 0.2) is 30.3 Å². The molecule has 0 saturated carbocycles. The molecule has 0 atom stereocenters. The van der Waals surface area contributed by atoms with Crippen molar-refractivity contribution in [3.05, 3.63) is 41.5 Å². The molecule has 0 spiro atoms. The Morgan fingerprint density at radius 1 is 0.367 bits per heavy atom. The Morgan fingerprint density at radius 2 is 0.633 bits per heavy atom. The second kappa shape index (κ2) is 36.0. The number of ketones is 2. The van der Waals surface area contributed by atoms with Gasteiger partial charge in [0.1, 0.15) is 24.7 Å². The lowest BCUT2D eigenvalue weighted by Gasteiger charge is -2.17. The zero-order valence-corrected chi connectivity index (χ0v) is 35.2. The molecular formula is C41H64O19. The fraction of sp³-hybridized carbons (Fsp3) is 0.659. The molecule has 0 aliphatic heterocycles. The SMILES string of the molecule is COc1cc(OC)cc(C(=O)C(=O)c2cc(OCCOCCOCCOCCOCCOCCO)c(OC)c(OCCOCCOCCOCCOCCOCCO)c2)c1. The maximum absolute atomic E-state index is 13.6. The van der Waals surface area contributed by atoms with Crippen LogP contribution >= 0.6 is 0 Å². The van der Waals surface area contributed by atoms with E-state index in [2.05, 4.69) is 0 Å². The molecule has 60 heavy (non-hydrogen) atoms. The minimum Gasteiger partial charge on any atom is -0.497 e. The van der Waals surface area contributed by atoms with Gasteiger partial charge in [0.2, 0.25) is 17.3 Å². The number of carbonyl (C=O) groups is 2. The molecule has 2 aromatic rings. The number of methoxy groups -OCH3 is 3. The van der Waals surface area contributed by atoms with E-state index in [0.717, 1.165) is 0 Å². The van der Waals surface area contributed by atoms with E-state index in [4.69, 9.17) is 81.3 Å². The van der Waals surface area contributed by atoms with E-state index in [1.54, 1.807) is 6.07 Å². The summed E-state index contributed by atoms with van der Waals surface area (Å²) in [7, 11) is 4.33. The number of aliphatic hydroxyl groups is 2. The van der Waals surface area contributed by atoms with Crippen molar-refractivity contribution in [1.82, 2.24) is 0 Å². The van der Waals surface area contributed by atoms with E-state index in [9.17, 15) is 9.59 Å². The monoisotopic (exact) mass is 860 g/mol. The minimum atomic E-state index is -0.815. The summed E-state index contributed by atoms with van der Waals surface area (Å²) < 4.78 is 82.3. The standard InChI is InChI=1S/C41H64O19/c1-46-35-28-33(29-36(32-35)47-2)39(44)40(45)34-30-37(59-26-24-57-22-20-55-18-16-53-14-12-51-10-8-49-6-4-42)41(48-3)38(31-34)60-27-25-58-23-21-56-19-17-54-15-13-52-11-9-50-7-5-43/h28-32,42-43H,4-27H2,1-3H3. The Kier molecular flexibility index (Phi) is 31.5. The van der Waals surface area contributed by atoms with Crippen LogP contribution in [-0.4, -0.2) is 202 Å². The average Bonchev–Trinajstić information content (AvgIpc) is 3.27. The minimum absolute atomic E-state index is 0.0120. The summed E-state index contributed by atoms with van der Waals surface area (Å²) in [5, 5.41) is 17.3. The number of hydrogen-bond acceptors (Lipinski definition) is 19. The highest BCUT2D eigenvalue weighted by Crippen LogP contribution is 2.39. The Labute approximate surface area is 352 Å². The van der Waals surface area contributed by atoms with E-state index >= 15 is 0 Å². The van der Waals surface area contributed by atoms with Gasteiger partial charge in [0.15, 0.2) is 11.5 Å². The van der Waals surface area contributed by atoms with Crippen molar-refractivity contribution in [1.29, 1.82) is 0 Å². The normalized spacial score (nSPS) is 11.2. The molecule has 0 aliphatic rings. The first kappa shape index (κ1) is 52.4. The molecule has 342 valence electrons. The lowest BCUT2D eigenvalue weighted by atomic mass is 10.00. The molecule has 0 saturated heterocycles. The van der Waals surface area contributed by atoms with Gasteiger partial charge in [-0.05, 0) is 24.3 Å². The van der Waals surface area contributed by atoms with Crippen LogP contribution in [-0.2, 0) is 47.4 Å². The van der Waals surface area contributed by atoms with Crippen molar-refractivity contribution in [3.63, 3.8) is 0 Å². The van der Waals surface area contributed by atoms with Gasteiger partial charge in [0, 0.05) is 17.2 Å². The Bertz CT molecular complexity index is 1310. The van der Waals surface area contributed by atoms with Crippen LogP contribution in [0.5, 0.6) is 28.7 Å². The van der Waals surface area contributed by atoms with Crippen molar-refractivity contribution < 1.29 is 90.9 Å². The van der Waals surface area contributed by atoms with Gasteiger partial charge in [0.25, 0.3) is 0 Å². The largest absolute Gasteiger partial charge is 0.497 e. The van der Waals surface area contributed by atoms with Gasteiger partial charge in [-0.3, -0.25) is 9.59 Å². The van der Waals surface area contributed by atoms with Crippen LogP contribution in [0.2, 0.25) is 0 Å². The van der Waals surface area contributed by atoms with Gasteiger partial charge >= 0.3 is 0 Å². The lowest BCUT2D eigenvalue weighted by molar-refractivity contribution is -0.0148. The lowest BCUT2D eigenvalue weighted by Crippen LogP contribution is -2.17. The van der Waals surface area contributed by atoms with E-state index < -0.39 is 11.6 Å². The summed E-state index contributed by atoms with van der Waals surface area (Å²) in [6.07, 6.45) is 0. The summed E-state index contributed by atoms with van der Waals surface area (Å²) in [6, 6.07) is 7.34. The van der Waals surface area contributed by atoms with Gasteiger partial charge in [0.05, 0.1) is 167 Å². The predicted octanol–water partition coefficient (Wildman–Crippen LogP) is 1.69. The van der Waals surface area contributed by atoms with Crippen LogP contribution in [0.1, 0.15) is 20.7 Å². The highest BCUT2D eigenvalue weighted by atomic mass is 16.6. The molecule has 0 radical (unpaired) electrons. The van der Waals surface area contributed by atoms with E-state index in [-0.39, 0.29) is 68.0 Å². The number of carbonyl (C=O) groups excluding carboxylic acids is 2. The van der Waals surface area contributed by atoms with Crippen LogP contribution in [0.3, 0.4) is 0 Å². The molecule has 2 N–H and O–H groups in total. The van der Waals surface area contributed by atoms with Gasteiger partial charge in [-0.15, -0.1) is 0 Å². The first-order valence-corrected chi connectivity index (χ1v) is 19.8. The highest BCUT2D eigenvalue weighted by molar-refractivity contribution is 6.49. The van der Waals surface area contributed by atoms with Crippen LogP contribution in [0.25, 0.3) is 0 Å². The fourth-order valence-electron chi connectivity index (χ4n) is 4.84. The zero-order chi connectivity index (χ0) is 43.3. The number of rotatable bonds is 42. The maximum atomic E-state index is 13.6. The molecule has 0 fully saturated rings. The van der Waals surface area contributed by atoms with E-state index in [1.165, 1.54) is 45.6 Å². The quantitative estimate of drug-likeness (QED) is 0.0552. The third-order valence-corrected chi connectivity index (χ3v) is 7.72. The van der Waals surface area contributed by atoms with Crippen molar-refractivity contribution >= 4 is 11.6 Å². The highest BCUT2D eigenvalue weighted by Gasteiger charge is 2.24. The maximum Gasteiger partial charge on any atom is 0.233 e. The molecule has 2 rings (SSSR count). The zero-order valence-electron chi connectivity index (χ0n) is 35.2. The Hall–Kier alpha value is -3.70. The molecule has 19 nitrogen and oxygen atoms in total. The number of hydrogen-bond donors (Lipinski definition) is 2. The van der Waals surface area contributed by atoms with Gasteiger partial charge < -0.3 is 81.3 Å². The number of aliphatic hydroxyl groups excluding tert-OH is 2. The number of Topliss-reactive ketones (excluding diaryl/α,β-unsaturated/α-hetero) is 2. The third kappa shape index (κ3) is 23.9. The van der Waals surface area contributed by atoms with Crippen molar-refractivity contribution in [3.8, 4) is 28.7 Å². The predicted molar refractivity (Wildman–Crippen MR) is 215 cm³/mol. The molecule has 19 heteroatoms. The molecule has 0 aliphatic carbocycles. The summed E-state index contributed by atoms with van der Waals surface area (Å²) >= 11 is 0. The summed E-state index contributed by atoms with van der Waals surface area (Å²) in [5.41, 5.74) is 0.0934. The molecule has 0 unspecified atom stereocenters. The molecular weight excluding hydrogens is 796 g/mol. The van der Waals surface area contributed by atoms with Gasteiger partial charge in [-0.2, -0.15) is 0 Å². The molecule has 0 aromatic heterocycles. The Morgan fingerprint density at radius 3 is 0.900 bits per heavy atom. The first-order valence-electron chi connectivity index (χ1n) is 19.8. The number of ether oxygens (including phenoxy) is 15. The smallest absolute Gasteiger partial charge is 0.233 e. The summed E-state index contributed by atoms with van der Waals surface area (Å²) in [4.78, 5) is 27.0. The molecule has 2 aromatic carbocycles. The second-order valence-electron chi connectivity index (χ2n) is 12.0. The van der Waals surface area contributed by atoms with Gasteiger partial charge in [-0.25, -0.2) is 0 Å². The van der Waals surface area contributed by atoms with Crippen molar-refractivity contribution in [2.75, 3.05) is 180 Å². The van der Waals surface area contributed by atoms with Crippen LogP contribution in [0, 0.1) is 0 Å². The van der Waals surface area contributed by atoms with E-state index in [0.29, 0.717) is 130 Å². The van der Waals surface area contributed by atoms with Gasteiger partial charge in [-0.1, -0.05) is 0 Å². The van der Waals surface area contributed by atoms with Crippen LogP contribution in [0.4, 0.5) is 0 Å². The molecule has 0 heterocycles. The summed E-state index contributed by atoms with van der Waals surface area (Å²) in [5.74, 6) is -0.348. The van der Waals surface area contributed by atoms with Crippen molar-refractivity contribution in [2.45, 2.75) is 0 Å². The fourth-order valence-corrected chi connectivity index (χ4v) is 4.84. The topological polar surface area (TPSA) is 213 Å². The molecule has 0 amide bonds. The average molecular weight is 861 g/mol. The Balaban J connectivity index is 1.83. The van der Waals surface area contributed by atoms with Crippen molar-refractivity contribution in [2.24, 2.45) is 0 Å². The van der Waals surface area contributed by atoms with E-state index in [1.807, 2.05) is 0 Å². The summed E-state index contributed by atoms with van der Waals surface area (Å²) in [6.45, 7) is 7.42. The van der Waals surface area contributed by atoms with Crippen LogP contribution < -0.4 is 23.7 Å². The number of benzene rings is 2.